The molecule has 3 aromatic rings. The third kappa shape index (κ3) is 8.97. The molecule has 1 unspecified atom stereocenters. The number of nitrogen functional groups attached to an aromatic ring is 1. The quantitative estimate of drug-likeness (QED) is 0.125. The predicted molar refractivity (Wildman–Crippen MR) is 168 cm³/mol. The standard InChI is InChI=1S/C28H26F3N.C8H16FN/c1-5-6-7-26(24-14-12-22(16-19(24)3)28(29,30)31)27(21-10-8-18(2)9-11-21)25-15-13-23(32)17-20(25)4;1-8-3-6-10(7-8)5-2-4-9/h1,8-17H,6-7,32H2,2-4H3;8H,2-7H2,1H3/b27-26+;. The zero-order valence-corrected chi connectivity index (χ0v) is 25.1. The Hall–Kier alpha value is -3.56. The molecule has 1 heterocycles. The first kappa shape index (κ1) is 32.9. The molecule has 2 nitrogen and oxygen atoms in total. The van der Waals surface area contributed by atoms with E-state index in [-0.39, 0.29) is 6.67 Å². The van der Waals surface area contributed by atoms with Crippen molar-refractivity contribution in [1.29, 1.82) is 0 Å². The third-order valence-corrected chi connectivity index (χ3v) is 7.68. The van der Waals surface area contributed by atoms with Crippen molar-refractivity contribution in [3.63, 3.8) is 0 Å². The highest BCUT2D eigenvalue weighted by atomic mass is 19.4. The van der Waals surface area contributed by atoms with E-state index in [4.69, 9.17) is 12.2 Å². The molecule has 2 N–H and O–H groups in total. The summed E-state index contributed by atoms with van der Waals surface area (Å²) in [4.78, 5) is 2.35. The molecule has 0 spiro atoms. The number of halogens is 4. The molecule has 0 amide bonds. The molecule has 3 aromatic carbocycles. The molecule has 0 aliphatic carbocycles. The lowest BCUT2D eigenvalue weighted by molar-refractivity contribution is -0.137. The fourth-order valence-electron chi connectivity index (χ4n) is 5.46. The lowest BCUT2D eigenvalue weighted by Gasteiger charge is -2.21. The van der Waals surface area contributed by atoms with Gasteiger partial charge in [-0.3, -0.25) is 4.39 Å². The van der Waals surface area contributed by atoms with Crippen molar-refractivity contribution in [3.8, 4) is 12.3 Å². The van der Waals surface area contributed by atoms with Crippen molar-refractivity contribution < 1.29 is 17.6 Å². The van der Waals surface area contributed by atoms with Crippen molar-refractivity contribution in [2.45, 2.75) is 59.6 Å². The van der Waals surface area contributed by atoms with Gasteiger partial charge in [-0.15, -0.1) is 12.3 Å². The summed E-state index contributed by atoms with van der Waals surface area (Å²) in [5, 5.41) is 0. The zero-order chi connectivity index (χ0) is 30.9. The molecule has 4 rings (SSSR count). The highest BCUT2D eigenvalue weighted by Gasteiger charge is 2.31. The number of aryl methyl sites for hydroxylation is 3. The lowest BCUT2D eigenvalue weighted by Crippen LogP contribution is -2.21. The van der Waals surface area contributed by atoms with Crippen LogP contribution in [0.3, 0.4) is 0 Å². The second-order valence-corrected chi connectivity index (χ2v) is 11.3. The number of hydrogen-bond donors (Lipinski definition) is 1. The normalized spacial score (nSPS) is 15.9. The molecule has 0 aromatic heterocycles. The molecule has 0 bridgehead atoms. The van der Waals surface area contributed by atoms with Crippen molar-refractivity contribution in [1.82, 2.24) is 4.90 Å². The van der Waals surface area contributed by atoms with Gasteiger partial charge in [-0.25, -0.2) is 0 Å². The van der Waals surface area contributed by atoms with Crippen LogP contribution in [0.5, 0.6) is 0 Å². The van der Waals surface area contributed by atoms with Crippen LogP contribution in [-0.4, -0.2) is 31.2 Å². The number of allylic oxidation sites excluding steroid dienone is 1. The monoisotopic (exact) mass is 578 g/mol. The van der Waals surface area contributed by atoms with E-state index in [2.05, 4.69) is 17.7 Å². The molecular formula is C36H42F4N2. The number of alkyl halides is 4. The average Bonchev–Trinajstić information content (AvgIpc) is 3.36. The molecule has 1 saturated heterocycles. The molecule has 6 heteroatoms. The van der Waals surface area contributed by atoms with Gasteiger partial charge in [0.1, 0.15) is 0 Å². The molecule has 1 atom stereocenters. The Labute approximate surface area is 248 Å². The van der Waals surface area contributed by atoms with E-state index in [0.717, 1.165) is 57.5 Å². The molecule has 42 heavy (non-hydrogen) atoms. The summed E-state index contributed by atoms with van der Waals surface area (Å²) in [6.45, 7) is 11.1. The van der Waals surface area contributed by atoms with E-state index in [1.807, 2.05) is 56.3 Å². The van der Waals surface area contributed by atoms with Gasteiger partial charge in [0, 0.05) is 25.2 Å². The van der Waals surface area contributed by atoms with Gasteiger partial charge in [0.2, 0.25) is 0 Å². The van der Waals surface area contributed by atoms with Crippen LogP contribution in [0.4, 0.5) is 23.2 Å². The van der Waals surface area contributed by atoms with Gasteiger partial charge >= 0.3 is 6.18 Å². The molecule has 1 fully saturated rings. The average molecular weight is 579 g/mol. The summed E-state index contributed by atoms with van der Waals surface area (Å²) in [6, 6.07) is 17.7. The Morgan fingerprint density at radius 1 is 0.976 bits per heavy atom. The van der Waals surface area contributed by atoms with Crippen molar-refractivity contribution in [2.75, 3.05) is 32.0 Å². The number of rotatable bonds is 8. The Kier molecular flexibility index (Phi) is 11.8. The van der Waals surface area contributed by atoms with E-state index >= 15 is 0 Å². The number of terminal acetylenes is 1. The van der Waals surface area contributed by atoms with Crippen LogP contribution in [0.2, 0.25) is 0 Å². The topological polar surface area (TPSA) is 29.3 Å². The molecule has 1 aliphatic heterocycles. The van der Waals surface area contributed by atoms with E-state index in [0.29, 0.717) is 30.5 Å². The Morgan fingerprint density at radius 2 is 1.64 bits per heavy atom. The molecular weight excluding hydrogens is 536 g/mol. The number of nitrogens with zero attached hydrogens (tertiary/aromatic N) is 1. The van der Waals surface area contributed by atoms with Gasteiger partial charge in [-0.05, 0) is 116 Å². The summed E-state index contributed by atoms with van der Waals surface area (Å²) in [7, 11) is 0. The number of likely N-dealkylation sites (tertiary alicyclic amines) is 1. The molecule has 224 valence electrons. The molecule has 1 aliphatic rings. The number of hydrogen-bond acceptors (Lipinski definition) is 2. The Bertz CT molecular complexity index is 1400. The Morgan fingerprint density at radius 3 is 2.19 bits per heavy atom. The van der Waals surface area contributed by atoms with Crippen molar-refractivity contribution >= 4 is 16.8 Å². The summed E-state index contributed by atoms with van der Waals surface area (Å²) >= 11 is 0. The minimum Gasteiger partial charge on any atom is -0.399 e. The highest BCUT2D eigenvalue weighted by Crippen LogP contribution is 2.39. The Balaban J connectivity index is 0.000000408. The highest BCUT2D eigenvalue weighted by molar-refractivity contribution is 6.00. The maximum absolute atomic E-state index is 13.3. The van der Waals surface area contributed by atoms with Crippen LogP contribution in [0.25, 0.3) is 11.1 Å². The second kappa shape index (κ2) is 15.1. The summed E-state index contributed by atoms with van der Waals surface area (Å²) in [6.07, 6.45) is 4.22. The zero-order valence-electron chi connectivity index (χ0n) is 25.1. The van der Waals surface area contributed by atoms with Crippen LogP contribution in [-0.2, 0) is 6.18 Å². The van der Waals surface area contributed by atoms with Crippen LogP contribution < -0.4 is 5.73 Å². The lowest BCUT2D eigenvalue weighted by atomic mass is 9.83. The predicted octanol–water partition coefficient (Wildman–Crippen LogP) is 9.27. The minimum absolute atomic E-state index is 0.162. The van der Waals surface area contributed by atoms with E-state index < -0.39 is 11.7 Å². The van der Waals surface area contributed by atoms with Gasteiger partial charge in [-0.2, -0.15) is 13.2 Å². The summed E-state index contributed by atoms with van der Waals surface area (Å²) in [5.74, 6) is 3.51. The summed E-state index contributed by atoms with van der Waals surface area (Å²) < 4.78 is 51.5. The molecule has 0 radical (unpaired) electrons. The van der Waals surface area contributed by atoms with Gasteiger partial charge in [0.25, 0.3) is 0 Å². The summed E-state index contributed by atoms with van der Waals surface area (Å²) in [5.41, 5.74) is 13.3. The van der Waals surface area contributed by atoms with Crippen LogP contribution in [0.1, 0.15) is 71.6 Å². The van der Waals surface area contributed by atoms with E-state index in [1.54, 1.807) is 13.0 Å². The minimum atomic E-state index is -4.39. The van der Waals surface area contributed by atoms with Crippen molar-refractivity contribution in [3.05, 3.63) is 99.6 Å². The van der Waals surface area contributed by atoms with E-state index in [9.17, 15) is 17.6 Å². The van der Waals surface area contributed by atoms with Gasteiger partial charge < -0.3 is 10.6 Å². The third-order valence-electron chi connectivity index (χ3n) is 7.68. The second-order valence-electron chi connectivity index (χ2n) is 11.3. The largest absolute Gasteiger partial charge is 0.416 e. The number of benzene rings is 3. The maximum atomic E-state index is 13.3. The van der Waals surface area contributed by atoms with Crippen LogP contribution >= 0.6 is 0 Å². The first-order valence-corrected chi connectivity index (χ1v) is 14.5. The van der Waals surface area contributed by atoms with Crippen LogP contribution in [0.15, 0.2) is 60.7 Å². The SMILES string of the molecule is C#CCC/C(=C(/c1ccc(C)cc1)c1ccc(N)cc1C)c1ccc(C(F)(F)F)cc1C.CC1CCN(CCCF)C1. The fourth-order valence-corrected chi connectivity index (χ4v) is 5.46. The van der Waals surface area contributed by atoms with Gasteiger partial charge in [0.15, 0.2) is 0 Å². The molecule has 0 saturated carbocycles. The fraction of sp³-hybridized carbons (Fsp3) is 0.389. The van der Waals surface area contributed by atoms with Crippen molar-refractivity contribution in [2.24, 2.45) is 5.92 Å². The first-order chi connectivity index (χ1) is 19.9. The first-order valence-electron chi connectivity index (χ1n) is 14.5. The van der Waals surface area contributed by atoms with Gasteiger partial charge in [0.05, 0.1) is 12.2 Å². The maximum Gasteiger partial charge on any atom is 0.416 e. The van der Waals surface area contributed by atoms with Crippen LogP contribution in [0, 0.1) is 39.0 Å². The number of nitrogens with two attached hydrogens (primary N) is 1. The van der Waals surface area contributed by atoms with E-state index in [1.165, 1.54) is 25.6 Å². The number of anilines is 1. The van der Waals surface area contributed by atoms with Gasteiger partial charge in [-0.1, -0.05) is 48.9 Å². The smallest absolute Gasteiger partial charge is 0.399 e.